The number of rotatable bonds is 1. The maximum atomic E-state index is 13.1. The molecule has 0 unspecified atom stereocenters. The lowest BCUT2D eigenvalue weighted by atomic mass is 9.86. The first-order valence-corrected chi connectivity index (χ1v) is 5.40. The lowest BCUT2D eigenvalue weighted by Crippen LogP contribution is -2.23. The molecule has 0 saturated heterocycles. The normalized spacial score (nSPS) is 29.3. The van der Waals surface area contributed by atoms with Crippen molar-refractivity contribution >= 4 is 0 Å². The van der Waals surface area contributed by atoms with Crippen LogP contribution in [0.2, 0.25) is 0 Å². The standard InChI is InChI=1S/C13H17FO/c1-12(2)6-7-13(15,9-12)10-4-3-5-11(14)8-10/h3-5,8,15H,6-7,9H2,1-2H3/t13-/m0/s1. The van der Waals surface area contributed by atoms with Crippen molar-refractivity contribution in [2.45, 2.75) is 38.7 Å². The largest absolute Gasteiger partial charge is 0.385 e. The molecule has 1 aromatic rings. The molecule has 0 aliphatic heterocycles. The summed E-state index contributed by atoms with van der Waals surface area (Å²) in [4.78, 5) is 0. The minimum absolute atomic E-state index is 0.154. The molecule has 1 saturated carbocycles. The van der Waals surface area contributed by atoms with Crippen molar-refractivity contribution in [1.29, 1.82) is 0 Å². The van der Waals surface area contributed by atoms with Gasteiger partial charge in [0.2, 0.25) is 0 Å². The second-order valence-electron chi connectivity index (χ2n) is 5.38. The Bertz CT molecular complexity index is 373. The molecule has 0 heterocycles. The molecular weight excluding hydrogens is 191 g/mol. The number of benzene rings is 1. The van der Waals surface area contributed by atoms with Gasteiger partial charge >= 0.3 is 0 Å². The van der Waals surface area contributed by atoms with E-state index in [4.69, 9.17) is 0 Å². The smallest absolute Gasteiger partial charge is 0.123 e. The SMILES string of the molecule is CC1(C)CC[C@@](O)(c2cccc(F)c2)C1. The lowest BCUT2D eigenvalue weighted by molar-refractivity contribution is 0.0335. The topological polar surface area (TPSA) is 20.2 Å². The average Bonchev–Trinajstić information content (AvgIpc) is 2.42. The van der Waals surface area contributed by atoms with Crippen LogP contribution in [0.4, 0.5) is 4.39 Å². The summed E-state index contributed by atoms with van der Waals surface area (Å²) < 4.78 is 13.1. The van der Waals surface area contributed by atoms with Crippen LogP contribution < -0.4 is 0 Å². The van der Waals surface area contributed by atoms with Gasteiger partial charge in [-0.25, -0.2) is 4.39 Å². The summed E-state index contributed by atoms with van der Waals surface area (Å²) in [6, 6.07) is 6.33. The quantitative estimate of drug-likeness (QED) is 0.751. The van der Waals surface area contributed by atoms with E-state index >= 15 is 0 Å². The molecule has 1 N–H and O–H groups in total. The first-order valence-electron chi connectivity index (χ1n) is 5.40. The summed E-state index contributed by atoms with van der Waals surface area (Å²) >= 11 is 0. The second-order valence-corrected chi connectivity index (χ2v) is 5.38. The Balaban J connectivity index is 2.31. The monoisotopic (exact) mass is 208 g/mol. The van der Waals surface area contributed by atoms with Crippen LogP contribution in [-0.2, 0) is 5.60 Å². The molecule has 1 atom stereocenters. The number of aliphatic hydroxyl groups is 1. The van der Waals surface area contributed by atoms with Crippen molar-refractivity contribution in [2.75, 3.05) is 0 Å². The zero-order chi connectivity index (χ0) is 11.1. The van der Waals surface area contributed by atoms with E-state index in [-0.39, 0.29) is 11.2 Å². The molecule has 1 fully saturated rings. The van der Waals surface area contributed by atoms with Gasteiger partial charge in [-0.15, -0.1) is 0 Å². The van der Waals surface area contributed by atoms with Crippen LogP contribution in [0.15, 0.2) is 24.3 Å². The van der Waals surface area contributed by atoms with Gasteiger partial charge in [0.15, 0.2) is 0 Å². The summed E-state index contributed by atoms with van der Waals surface area (Å²) in [5.41, 5.74) is 0.0419. The van der Waals surface area contributed by atoms with Crippen molar-refractivity contribution in [3.05, 3.63) is 35.6 Å². The van der Waals surface area contributed by atoms with E-state index in [0.29, 0.717) is 12.0 Å². The lowest BCUT2D eigenvalue weighted by Gasteiger charge is -2.25. The summed E-state index contributed by atoms with van der Waals surface area (Å²) in [6.45, 7) is 4.29. The Kier molecular flexibility index (Phi) is 2.34. The Morgan fingerprint density at radius 2 is 2.00 bits per heavy atom. The highest BCUT2D eigenvalue weighted by molar-refractivity contribution is 5.25. The van der Waals surface area contributed by atoms with E-state index in [1.807, 2.05) is 6.07 Å². The first-order chi connectivity index (χ1) is 6.91. The number of hydrogen-bond donors (Lipinski definition) is 1. The minimum atomic E-state index is -0.828. The van der Waals surface area contributed by atoms with Gasteiger partial charge in [0.05, 0.1) is 5.60 Å². The maximum Gasteiger partial charge on any atom is 0.123 e. The summed E-state index contributed by atoms with van der Waals surface area (Å²) in [5, 5.41) is 10.5. The van der Waals surface area contributed by atoms with Gasteiger partial charge in [-0.05, 0) is 42.4 Å². The Hall–Kier alpha value is -0.890. The molecule has 1 nitrogen and oxygen atoms in total. The van der Waals surface area contributed by atoms with Crippen molar-refractivity contribution in [2.24, 2.45) is 5.41 Å². The predicted molar refractivity (Wildman–Crippen MR) is 57.9 cm³/mol. The van der Waals surface area contributed by atoms with Crippen LogP contribution in [0.3, 0.4) is 0 Å². The van der Waals surface area contributed by atoms with Crippen molar-refractivity contribution in [1.82, 2.24) is 0 Å². The highest BCUT2D eigenvalue weighted by atomic mass is 19.1. The first kappa shape index (κ1) is 10.6. The van der Waals surface area contributed by atoms with E-state index in [9.17, 15) is 9.50 Å². The molecule has 2 heteroatoms. The van der Waals surface area contributed by atoms with Gasteiger partial charge in [-0.2, -0.15) is 0 Å². The molecule has 0 aromatic heterocycles. The van der Waals surface area contributed by atoms with Gasteiger partial charge in [-0.3, -0.25) is 0 Å². The summed E-state index contributed by atoms with van der Waals surface area (Å²) in [6.07, 6.45) is 2.42. The average molecular weight is 208 g/mol. The molecule has 15 heavy (non-hydrogen) atoms. The third-order valence-corrected chi connectivity index (χ3v) is 3.35. The van der Waals surface area contributed by atoms with Gasteiger partial charge < -0.3 is 5.11 Å². The van der Waals surface area contributed by atoms with Gasteiger partial charge in [0.1, 0.15) is 5.82 Å². The molecule has 1 aliphatic rings. The zero-order valence-corrected chi connectivity index (χ0v) is 9.26. The fraction of sp³-hybridized carbons (Fsp3) is 0.538. The van der Waals surface area contributed by atoms with Crippen LogP contribution in [0.5, 0.6) is 0 Å². The molecule has 1 aliphatic carbocycles. The number of hydrogen-bond acceptors (Lipinski definition) is 1. The molecule has 1 aromatic carbocycles. The fourth-order valence-corrected chi connectivity index (χ4v) is 2.54. The summed E-state index contributed by atoms with van der Waals surface area (Å²) in [5.74, 6) is -0.273. The molecule has 0 spiro atoms. The molecular formula is C13H17FO. The number of halogens is 1. The van der Waals surface area contributed by atoms with Crippen LogP contribution in [-0.4, -0.2) is 5.11 Å². The maximum absolute atomic E-state index is 13.1. The third kappa shape index (κ3) is 2.05. The van der Waals surface area contributed by atoms with Crippen molar-refractivity contribution in [3.63, 3.8) is 0 Å². The molecule has 0 radical (unpaired) electrons. The highest BCUT2D eigenvalue weighted by Gasteiger charge is 2.42. The van der Waals surface area contributed by atoms with Crippen LogP contribution in [0, 0.1) is 11.2 Å². The van der Waals surface area contributed by atoms with Crippen LogP contribution in [0.25, 0.3) is 0 Å². The Morgan fingerprint density at radius 3 is 2.53 bits per heavy atom. The minimum Gasteiger partial charge on any atom is -0.385 e. The fourth-order valence-electron chi connectivity index (χ4n) is 2.54. The molecule has 0 amide bonds. The Labute approximate surface area is 89.9 Å². The van der Waals surface area contributed by atoms with E-state index in [0.717, 1.165) is 12.8 Å². The molecule has 82 valence electrons. The zero-order valence-electron chi connectivity index (χ0n) is 9.26. The van der Waals surface area contributed by atoms with E-state index in [2.05, 4.69) is 13.8 Å². The van der Waals surface area contributed by atoms with Crippen molar-refractivity contribution < 1.29 is 9.50 Å². The van der Waals surface area contributed by atoms with E-state index in [1.165, 1.54) is 12.1 Å². The highest BCUT2D eigenvalue weighted by Crippen LogP contribution is 2.48. The van der Waals surface area contributed by atoms with Gasteiger partial charge in [0.25, 0.3) is 0 Å². The van der Waals surface area contributed by atoms with E-state index in [1.54, 1.807) is 6.07 Å². The molecule has 2 rings (SSSR count). The van der Waals surface area contributed by atoms with Crippen LogP contribution >= 0.6 is 0 Å². The van der Waals surface area contributed by atoms with Gasteiger partial charge in [0, 0.05) is 0 Å². The second kappa shape index (κ2) is 3.31. The Morgan fingerprint density at radius 1 is 1.27 bits per heavy atom. The predicted octanol–water partition coefficient (Wildman–Crippen LogP) is 3.22. The van der Waals surface area contributed by atoms with Gasteiger partial charge in [-0.1, -0.05) is 26.0 Å². The van der Waals surface area contributed by atoms with E-state index < -0.39 is 5.60 Å². The third-order valence-electron chi connectivity index (χ3n) is 3.35. The summed E-state index contributed by atoms with van der Waals surface area (Å²) in [7, 11) is 0. The molecule has 0 bridgehead atoms. The van der Waals surface area contributed by atoms with Crippen LogP contribution in [0.1, 0.15) is 38.7 Å². The van der Waals surface area contributed by atoms with Crippen molar-refractivity contribution in [3.8, 4) is 0 Å².